The van der Waals surface area contributed by atoms with Crippen molar-refractivity contribution in [3.8, 4) is 16.8 Å². The van der Waals surface area contributed by atoms with Crippen molar-refractivity contribution < 1.29 is 13.9 Å². The number of pyridine rings is 1. The van der Waals surface area contributed by atoms with Gasteiger partial charge in [-0.15, -0.1) is 0 Å². The number of benzene rings is 2. The highest BCUT2D eigenvalue weighted by molar-refractivity contribution is 6.03. The fourth-order valence-corrected chi connectivity index (χ4v) is 5.41. The topological polar surface area (TPSA) is 82.5 Å². The summed E-state index contributed by atoms with van der Waals surface area (Å²) in [5.74, 6) is -0.564. The number of aliphatic imine (C=N–C) groups is 1. The van der Waals surface area contributed by atoms with Gasteiger partial charge in [0.25, 0.3) is 5.91 Å². The van der Waals surface area contributed by atoms with Gasteiger partial charge in [-0.2, -0.15) is 0 Å². The quantitative estimate of drug-likeness (QED) is 0.454. The van der Waals surface area contributed by atoms with Crippen molar-refractivity contribution in [2.24, 2.45) is 10.7 Å². The predicted octanol–water partition coefficient (Wildman–Crippen LogP) is 5.07. The van der Waals surface area contributed by atoms with Gasteiger partial charge < -0.3 is 15.0 Å². The minimum Gasteiger partial charge on any atom is -0.381 e. The van der Waals surface area contributed by atoms with E-state index in [2.05, 4.69) is 26.7 Å². The van der Waals surface area contributed by atoms with Gasteiger partial charge in [0.2, 0.25) is 0 Å². The molecule has 1 amide bonds. The van der Waals surface area contributed by atoms with Gasteiger partial charge in [0.1, 0.15) is 11.5 Å². The zero-order valence-electron chi connectivity index (χ0n) is 19.4. The van der Waals surface area contributed by atoms with Crippen LogP contribution in [0.5, 0.6) is 0 Å². The van der Waals surface area contributed by atoms with Crippen LogP contribution in [0, 0.1) is 12.7 Å². The van der Waals surface area contributed by atoms with Crippen molar-refractivity contribution in [3.05, 3.63) is 82.6 Å². The van der Waals surface area contributed by atoms with E-state index >= 15 is 0 Å². The molecule has 0 spiro atoms. The molecule has 0 saturated carbocycles. The number of hydrogen-bond acceptors (Lipinski definition) is 4. The average Bonchev–Trinajstić information content (AvgIpc) is 3.45. The molecule has 4 heterocycles. The number of primary amides is 1. The monoisotopic (exact) mass is 468 g/mol. The molecular formula is C28H25FN4O2. The molecule has 176 valence electrons. The molecule has 1 fully saturated rings. The van der Waals surface area contributed by atoms with Crippen molar-refractivity contribution in [1.29, 1.82) is 0 Å². The van der Waals surface area contributed by atoms with Crippen LogP contribution in [0.1, 0.15) is 51.6 Å². The van der Waals surface area contributed by atoms with Crippen molar-refractivity contribution in [2.75, 3.05) is 13.2 Å². The second-order valence-electron chi connectivity index (χ2n) is 9.25. The van der Waals surface area contributed by atoms with Crippen LogP contribution in [-0.2, 0) is 11.3 Å². The Hall–Kier alpha value is -3.84. The first-order chi connectivity index (χ1) is 17.0. The van der Waals surface area contributed by atoms with Crippen LogP contribution >= 0.6 is 0 Å². The summed E-state index contributed by atoms with van der Waals surface area (Å²) in [4.78, 5) is 20.7. The normalized spacial score (nSPS) is 15.6. The molecule has 0 aliphatic carbocycles. The molecule has 0 atom stereocenters. The van der Waals surface area contributed by atoms with Crippen LogP contribution in [0.25, 0.3) is 27.7 Å². The number of ether oxygens (including phenoxy) is 1. The van der Waals surface area contributed by atoms with Crippen molar-refractivity contribution in [3.63, 3.8) is 0 Å². The molecule has 2 aliphatic heterocycles. The Labute approximate surface area is 202 Å². The molecule has 4 aromatic rings. The van der Waals surface area contributed by atoms with Crippen LogP contribution in [0.2, 0.25) is 0 Å². The first kappa shape index (κ1) is 21.7. The maximum Gasteiger partial charge on any atom is 0.267 e. The standard InChI is InChI=1S/C28H25FN4O2/c1-16-10-20(15-32-26(16)28(30)34)25-23-11-18-13-31-14-19(18)12-24(23)33(22-4-2-21(29)3-5-22)27(25)17-6-8-35-9-7-17/h2-5,10-12,14-15,17H,6-9,13H2,1H3,(H2,30,34). The SMILES string of the molecule is Cc1cc(-c2c(C3CCOCC3)n(-c3ccc(F)cc3)c3cc4c(cc23)CN=C4)cnc1C(N)=O. The van der Waals surface area contributed by atoms with E-state index in [0.29, 0.717) is 19.8 Å². The molecule has 2 aromatic heterocycles. The molecular weight excluding hydrogens is 443 g/mol. The predicted molar refractivity (Wildman–Crippen MR) is 134 cm³/mol. The Morgan fingerprint density at radius 3 is 2.63 bits per heavy atom. The first-order valence-corrected chi connectivity index (χ1v) is 11.8. The number of carbonyl (C=O) groups is 1. The van der Waals surface area contributed by atoms with E-state index in [4.69, 9.17) is 10.5 Å². The first-order valence-electron chi connectivity index (χ1n) is 11.8. The number of nitrogens with zero attached hydrogens (tertiary/aromatic N) is 3. The fourth-order valence-electron chi connectivity index (χ4n) is 5.41. The smallest absolute Gasteiger partial charge is 0.267 e. The molecule has 2 aliphatic rings. The van der Waals surface area contributed by atoms with Gasteiger partial charge in [-0.1, -0.05) is 0 Å². The number of carbonyl (C=O) groups excluding carboxylic acids is 1. The van der Waals surface area contributed by atoms with Gasteiger partial charge in [0.15, 0.2) is 0 Å². The Bertz CT molecular complexity index is 1500. The van der Waals surface area contributed by atoms with Crippen LogP contribution in [0.15, 0.2) is 53.7 Å². The lowest BCUT2D eigenvalue weighted by atomic mass is 9.89. The third-order valence-electron chi connectivity index (χ3n) is 7.05. The summed E-state index contributed by atoms with van der Waals surface area (Å²) in [5.41, 5.74) is 13.9. The summed E-state index contributed by atoms with van der Waals surface area (Å²) in [6.07, 6.45) is 5.43. The lowest BCUT2D eigenvalue weighted by Gasteiger charge is -2.26. The number of fused-ring (bicyclic) bond motifs is 2. The second-order valence-corrected chi connectivity index (χ2v) is 9.25. The number of amides is 1. The van der Waals surface area contributed by atoms with Gasteiger partial charge >= 0.3 is 0 Å². The molecule has 1 saturated heterocycles. The van der Waals surface area contributed by atoms with Crippen LogP contribution in [-0.4, -0.2) is 34.9 Å². The van der Waals surface area contributed by atoms with E-state index in [-0.39, 0.29) is 17.4 Å². The minimum atomic E-state index is -0.539. The summed E-state index contributed by atoms with van der Waals surface area (Å²) >= 11 is 0. The van der Waals surface area contributed by atoms with Crippen molar-refractivity contribution in [2.45, 2.75) is 32.2 Å². The Kier molecular flexibility index (Phi) is 5.22. The third kappa shape index (κ3) is 3.63. The highest BCUT2D eigenvalue weighted by Crippen LogP contribution is 2.44. The Morgan fingerprint density at radius 2 is 1.91 bits per heavy atom. The average molecular weight is 469 g/mol. The molecule has 6 nitrogen and oxygen atoms in total. The summed E-state index contributed by atoms with van der Waals surface area (Å²) in [5, 5.41) is 1.09. The molecule has 7 heteroatoms. The molecule has 35 heavy (non-hydrogen) atoms. The number of aromatic nitrogens is 2. The van der Waals surface area contributed by atoms with Crippen LogP contribution < -0.4 is 5.73 Å². The lowest BCUT2D eigenvalue weighted by molar-refractivity contribution is 0.0843. The third-order valence-corrected chi connectivity index (χ3v) is 7.05. The molecule has 0 bridgehead atoms. The van der Waals surface area contributed by atoms with Crippen molar-refractivity contribution in [1.82, 2.24) is 9.55 Å². The maximum atomic E-state index is 13.9. The summed E-state index contributed by atoms with van der Waals surface area (Å²) in [6, 6.07) is 13.0. The maximum absolute atomic E-state index is 13.9. The zero-order valence-corrected chi connectivity index (χ0v) is 19.4. The lowest BCUT2D eigenvalue weighted by Crippen LogP contribution is -2.18. The van der Waals surface area contributed by atoms with E-state index in [1.807, 2.05) is 31.3 Å². The summed E-state index contributed by atoms with van der Waals surface area (Å²) < 4.78 is 21.8. The van der Waals surface area contributed by atoms with Crippen LogP contribution in [0.3, 0.4) is 0 Å². The van der Waals surface area contributed by atoms with Gasteiger partial charge in [0, 0.05) is 59.4 Å². The summed E-state index contributed by atoms with van der Waals surface area (Å²) in [6.45, 7) is 3.89. The number of rotatable bonds is 4. The van der Waals surface area contributed by atoms with Crippen molar-refractivity contribution >= 4 is 23.0 Å². The molecule has 6 rings (SSSR count). The number of hydrogen-bond donors (Lipinski definition) is 1. The summed E-state index contributed by atoms with van der Waals surface area (Å²) in [7, 11) is 0. The zero-order chi connectivity index (χ0) is 24.1. The Balaban J connectivity index is 1.70. The Morgan fingerprint density at radius 1 is 1.14 bits per heavy atom. The van der Waals surface area contributed by atoms with Crippen LogP contribution in [0.4, 0.5) is 4.39 Å². The number of nitrogens with two attached hydrogens (primary N) is 1. The fraction of sp³-hybridized carbons (Fsp3) is 0.250. The largest absolute Gasteiger partial charge is 0.381 e. The van der Waals surface area contributed by atoms with Gasteiger partial charge in [-0.3, -0.25) is 14.8 Å². The van der Waals surface area contributed by atoms with Gasteiger partial charge in [0.05, 0.1) is 12.1 Å². The van der Waals surface area contributed by atoms with Gasteiger partial charge in [-0.25, -0.2) is 4.39 Å². The van der Waals surface area contributed by atoms with E-state index in [1.165, 1.54) is 17.7 Å². The van der Waals surface area contributed by atoms with E-state index in [9.17, 15) is 9.18 Å². The van der Waals surface area contributed by atoms with E-state index < -0.39 is 5.91 Å². The second kappa shape index (κ2) is 8.43. The molecule has 0 radical (unpaired) electrons. The minimum absolute atomic E-state index is 0.246. The van der Waals surface area contributed by atoms with Gasteiger partial charge in [-0.05, 0) is 78.9 Å². The highest BCUT2D eigenvalue weighted by atomic mass is 19.1. The molecule has 2 aromatic carbocycles. The molecule has 0 unspecified atom stereocenters. The number of halogens is 1. The van der Waals surface area contributed by atoms with E-state index in [0.717, 1.165) is 57.4 Å². The highest BCUT2D eigenvalue weighted by Gasteiger charge is 2.29. The van der Waals surface area contributed by atoms with E-state index in [1.54, 1.807) is 6.20 Å². The molecule has 2 N–H and O–H groups in total. The number of aryl methyl sites for hydroxylation is 1.